The number of ether oxygens (including phenoxy) is 1. The summed E-state index contributed by atoms with van der Waals surface area (Å²) in [6, 6.07) is 7.79. The lowest BCUT2D eigenvalue weighted by Gasteiger charge is -2.29. The number of benzene rings is 2. The van der Waals surface area contributed by atoms with Crippen LogP contribution in [-0.4, -0.2) is 30.2 Å². The molecule has 0 radical (unpaired) electrons. The number of hydrogen-bond donors (Lipinski definition) is 0. The first kappa shape index (κ1) is 23.1. The maximum Gasteiger partial charge on any atom is 0.435 e. The van der Waals surface area contributed by atoms with Crippen molar-refractivity contribution >= 4 is 40.7 Å². The van der Waals surface area contributed by atoms with Crippen LogP contribution in [0.4, 0.5) is 13.2 Å². The third-order valence-electron chi connectivity index (χ3n) is 4.78. The highest BCUT2D eigenvalue weighted by molar-refractivity contribution is 6.41. The second-order valence-electron chi connectivity index (χ2n) is 6.87. The van der Waals surface area contributed by atoms with Gasteiger partial charge in [-0.3, -0.25) is 4.79 Å². The SMILES string of the molecule is CCOC(=O)C(=O)c1ccc(C2=NOC(c3cc(Cl)cc(Cl)c3)(C(F)(F)F)C2)cc1C. The number of carbonyl (C=O) groups excluding carboxylic acids is 2. The second-order valence-corrected chi connectivity index (χ2v) is 7.74. The number of alkyl halides is 3. The van der Waals surface area contributed by atoms with Crippen molar-refractivity contribution in [2.75, 3.05) is 6.61 Å². The zero-order chi connectivity index (χ0) is 23.0. The molecule has 0 spiro atoms. The van der Waals surface area contributed by atoms with Crippen LogP contribution >= 0.6 is 23.2 Å². The van der Waals surface area contributed by atoms with Gasteiger partial charge in [0.05, 0.1) is 12.3 Å². The monoisotopic (exact) mass is 473 g/mol. The maximum absolute atomic E-state index is 14.1. The lowest BCUT2D eigenvalue weighted by Crippen LogP contribution is -2.42. The third-order valence-corrected chi connectivity index (χ3v) is 5.22. The molecule has 0 saturated carbocycles. The van der Waals surface area contributed by atoms with Gasteiger partial charge in [-0.2, -0.15) is 13.2 Å². The molecule has 0 aromatic heterocycles. The molecule has 31 heavy (non-hydrogen) atoms. The Balaban J connectivity index is 1.95. The molecule has 10 heteroatoms. The molecule has 1 heterocycles. The van der Waals surface area contributed by atoms with Crippen molar-refractivity contribution in [2.24, 2.45) is 5.16 Å². The summed E-state index contributed by atoms with van der Waals surface area (Å²) in [4.78, 5) is 28.8. The number of rotatable bonds is 5. The number of hydrogen-bond acceptors (Lipinski definition) is 5. The van der Waals surface area contributed by atoms with Gasteiger partial charge < -0.3 is 9.57 Å². The Bertz CT molecular complexity index is 1060. The molecule has 1 aliphatic heterocycles. The molecule has 0 fully saturated rings. The topological polar surface area (TPSA) is 65.0 Å². The molecule has 1 atom stereocenters. The van der Waals surface area contributed by atoms with E-state index in [0.717, 1.165) is 12.1 Å². The zero-order valence-corrected chi connectivity index (χ0v) is 17.9. The van der Waals surface area contributed by atoms with Gasteiger partial charge in [0, 0.05) is 27.6 Å². The van der Waals surface area contributed by atoms with Crippen molar-refractivity contribution in [1.82, 2.24) is 0 Å². The van der Waals surface area contributed by atoms with Gasteiger partial charge in [0.25, 0.3) is 11.4 Å². The van der Waals surface area contributed by atoms with Crippen LogP contribution in [0.2, 0.25) is 10.0 Å². The number of oxime groups is 1. The first-order valence-corrected chi connectivity index (χ1v) is 9.85. The van der Waals surface area contributed by atoms with E-state index in [2.05, 4.69) is 5.16 Å². The summed E-state index contributed by atoms with van der Waals surface area (Å²) in [6.45, 7) is 3.17. The van der Waals surface area contributed by atoms with Crippen molar-refractivity contribution in [1.29, 1.82) is 0 Å². The Labute approximate surface area is 185 Å². The third kappa shape index (κ3) is 4.41. The van der Waals surface area contributed by atoms with E-state index in [1.54, 1.807) is 13.8 Å². The number of esters is 1. The Hall–Kier alpha value is -2.58. The zero-order valence-electron chi connectivity index (χ0n) is 16.3. The second kappa shape index (κ2) is 8.51. The van der Waals surface area contributed by atoms with Crippen molar-refractivity contribution < 1.29 is 32.3 Å². The van der Waals surface area contributed by atoms with Gasteiger partial charge in [-0.1, -0.05) is 34.4 Å². The first-order valence-electron chi connectivity index (χ1n) is 9.09. The minimum atomic E-state index is -4.82. The van der Waals surface area contributed by atoms with E-state index in [1.807, 2.05) is 0 Å². The van der Waals surface area contributed by atoms with Gasteiger partial charge in [0.1, 0.15) is 0 Å². The Kier molecular flexibility index (Phi) is 6.34. The molecule has 0 bridgehead atoms. The van der Waals surface area contributed by atoms with Crippen LogP contribution in [0.25, 0.3) is 0 Å². The molecule has 0 amide bonds. The summed E-state index contributed by atoms with van der Waals surface area (Å²) in [6.07, 6.45) is -5.45. The molecular weight excluding hydrogens is 458 g/mol. The minimum Gasteiger partial charge on any atom is -0.460 e. The number of nitrogens with zero attached hydrogens (tertiary/aromatic N) is 1. The Morgan fingerprint density at radius 1 is 1.16 bits per heavy atom. The summed E-state index contributed by atoms with van der Waals surface area (Å²) >= 11 is 11.8. The van der Waals surface area contributed by atoms with Crippen LogP contribution in [-0.2, 0) is 20.0 Å². The van der Waals surface area contributed by atoms with Crippen LogP contribution in [0.5, 0.6) is 0 Å². The standard InChI is InChI=1S/C21H16Cl2F3NO4/c1-3-30-19(29)18(28)16-5-4-12(6-11(16)2)17-10-20(31-27-17,21(24,25)26)13-7-14(22)9-15(23)8-13/h4-9H,3,10H2,1-2H3. The molecule has 164 valence electrons. The van der Waals surface area contributed by atoms with Crippen LogP contribution in [0, 0.1) is 6.92 Å². The van der Waals surface area contributed by atoms with Gasteiger partial charge >= 0.3 is 12.1 Å². The lowest BCUT2D eigenvalue weighted by molar-refractivity contribution is -0.275. The normalized spacial score (nSPS) is 18.4. The molecule has 1 aliphatic rings. The fourth-order valence-corrected chi connectivity index (χ4v) is 3.78. The first-order chi connectivity index (χ1) is 14.5. The van der Waals surface area contributed by atoms with E-state index in [9.17, 15) is 22.8 Å². The summed E-state index contributed by atoms with van der Waals surface area (Å²) in [5, 5.41) is 3.73. The molecule has 3 rings (SSSR count). The summed E-state index contributed by atoms with van der Waals surface area (Å²) in [5.74, 6) is -1.84. The minimum absolute atomic E-state index is 0.0201. The molecule has 2 aromatic carbocycles. The summed E-state index contributed by atoms with van der Waals surface area (Å²) < 4.78 is 46.9. The van der Waals surface area contributed by atoms with E-state index in [0.29, 0.717) is 11.1 Å². The molecule has 0 aliphatic carbocycles. The maximum atomic E-state index is 14.1. The quantitative estimate of drug-likeness (QED) is 0.320. The van der Waals surface area contributed by atoms with Crippen LogP contribution < -0.4 is 0 Å². The average molecular weight is 474 g/mol. The summed E-state index contributed by atoms with van der Waals surface area (Å²) in [7, 11) is 0. The highest BCUT2D eigenvalue weighted by Crippen LogP contribution is 2.49. The van der Waals surface area contributed by atoms with Gasteiger partial charge in [0.2, 0.25) is 0 Å². The van der Waals surface area contributed by atoms with Crippen molar-refractivity contribution in [3.05, 3.63) is 68.7 Å². The molecule has 0 N–H and O–H groups in total. The largest absolute Gasteiger partial charge is 0.460 e. The van der Waals surface area contributed by atoms with E-state index in [-0.39, 0.29) is 33.5 Å². The molecular formula is C21H16Cl2F3NO4. The van der Waals surface area contributed by atoms with Gasteiger partial charge in [-0.15, -0.1) is 0 Å². The fraction of sp³-hybridized carbons (Fsp3) is 0.286. The predicted molar refractivity (Wildman–Crippen MR) is 109 cm³/mol. The number of halogens is 5. The highest BCUT2D eigenvalue weighted by atomic mass is 35.5. The Morgan fingerprint density at radius 3 is 2.35 bits per heavy atom. The summed E-state index contributed by atoms with van der Waals surface area (Å²) in [5.41, 5.74) is -2.23. The number of aryl methyl sites for hydroxylation is 1. The van der Waals surface area contributed by atoms with E-state index in [1.165, 1.54) is 24.3 Å². The molecule has 0 saturated heterocycles. The van der Waals surface area contributed by atoms with E-state index < -0.39 is 30.0 Å². The average Bonchev–Trinajstić information content (AvgIpc) is 3.14. The number of carbonyl (C=O) groups is 2. The molecule has 5 nitrogen and oxygen atoms in total. The predicted octanol–water partition coefficient (Wildman–Crippen LogP) is 5.63. The lowest BCUT2D eigenvalue weighted by atomic mass is 9.86. The molecule has 2 aromatic rings. The highest BCUT2D eigenvalue weighted by Gasteiger charge is 2.62. The molecule has 1 unspecified atom stereocenters. The van der Waals surface area contributed by atoms with Gasteiger partial charge in [-0.05, 0) is 55.3 Å². The van der Waals surface area contributed by atoms with Crippen LogP contribution in [0.3, 0.4) is 0 Å². The van der Waals surface area contributed by atoms with Gasteiger partial charge in [-0.25, -0.2) is 4.79 Å². The fourth-order valence-electron chi connectivity index (χ4n) is 3.25. The van der Waals surface area contributed by atoms with Crippen molar-refractivity contribution in [3.8, 4) is 0 Å². The van der Waals surface area contributed by atoms with E-state index in [4.69, 9.17) is 32.8 Å². The number of Topliss-reactive ketones (excluding diaryl/α,β-unsaturated/α-hetero) is 1. The van der Waals surface area contributed by atoms with E-state index >= 15 is 0 Å². The van der Waals surface area contributed by atoms with Crippen LogP contribution in [0.1, 0.15) is 40.4 Å². The van der Waals surface area contributed by atoms with Crippen molar-refractivity contribution in [3.63, 3.8) is 0 Å². The number of ketones is 1. The van der Waals surface area contributed by atoms with Crippen LogP contribution in [0.15, 0.2) is 41.6 Å². The van der Waals surface area contributed by atoms with Gasteiger partial charge in [0.15, 0.2) is 0 Å². The smallest absolute Gasteiger partial charge is 0.435 e. The van der Waals surface area contributed by atoms with Crippen molar-refractivity contribution in [2.45, 2.75) is 32.0 Å². The Morgan fingerprint density at radius 2 is 1.81 bits per heavy atom.